The first-order valence-corrected chi connectivity index (χ1v) is 2.33. The predicted octanol–water partition coefficient (Wildman–Crippen LogP) is 0.906. The molecule has 0 saturated heterocycles. The van der Waals surface area contributed by atoms with Gasteiger partial charge in [-0.1, -0.05) is 4.98 Å². The van der Waals surface area contributed by atoms with E-state index in [0.717, 1.165) is 0 Å². The van der Waals surface area contributed by atoms with Crippen molar-refractivity contribution in [1.29, 1.82) is 0 Å². The molecule has 0 unspecified atom stereocenters. The van der Waals surface area contributed by atoms with Crippen molar-refractivity contribution < 1.29 is 4.92 Å². The Morgan fingerprint density at radius 2 is 2.40 bits per heavy atom. The molecule has 1 rings (SSSR count). The number of aryl methyl sites for hydroxylation is 1. The standard InChI is InChI=1S/C4H5N3O2.BrH/c1-6-3-2-5-4(6)7(8)9;/h2-3H,1H3;1H. The summed E-state index contributed by atoms with van der Waals surface area (Å²) in [6.45, 7) is 0. The molecule has 0 aliphatic carbocycles. The Hall–Kier alpha value is -0.910. The highest BCUT2D eigenvalue weighted by molar-refractivity contribution is 8.93. The molecule has 10 heavy (non-hydrogen) atoms. The summed E-state index contributed by atoms with van der Waals surface area (Å²) in [6, 6.07) is 0. The van der Waals surface area contributed by atoms with Gasteiger partial charge in [-0.05, 0) is 4.92 Å². The average molecular weight is 208 g/mol. The van der Waals surface area contributed by atoms with E-state index in [4.69, 9.17) is 0 Å². The second-order valence-corrected chi connectivity index (χ2v) is 1.60. The van der Waals surface area contributed by atoms with Gasteiger partial charge in [0.2, 0.25) is 0 Å². The first-order chi connectivity index (χ1) is 4.22. The quantitative estimate of drug-likeness (QED) is 0.508. The van der Waals surface area contributed by atoms with E-state index in [9.17, 15) is 10.1 Å². The predicted molar refractivity (Wildman–Crippen MR) is 40.2 cm³/mol. The zero-order chi connectivity index (χ0) is 6.85. The Morgan fingerprint density at radius 1 is 1.80 bits per heavy atom. The molecular weight excluding hydrogens is 202 g/mol. The van der Waals surface area contributed by atoms with E-state index in [1.165, 1.54) is 17.0 Å². The second-order valence-electron chi connectivity index (χ2n) is 1.60. The third-order valence-electron chi connectivity index (χ3n) is 0.959. The molecule has 1 aromatic rings. The lowest BCUT2D eigenvalue weighted by molar-refractivity contribution is -0.396. The van der Waals surface area contributed by atoms with Gasteiger partial charge in [-0.3, -0.25) is 0 Å². The van der Waals surface area contributed by atoms with Crippen molar-refractivity contribution in [3.8, 4) is 0 Å². The Balaban J connectivity index is 0.000000810. The molecule has 0 saturated carbocycles. The van der Waals surface area contributed by atoms with Crippen molar-refractivity contribution >= 4 is 22.9 Å². The zero-order valence-electron chi connectivity index (χ0n) is 5.22. The third kappa shape index (κ3) is 1.53. The average Bonchev–Trinajstić information content (AvgIpc) is 2.13. The Kier molecular flexibility index (Phi) is 3.01. The molecule has 0 aliphatic rings. The van der Waals surface area contributed by atoms with E-state index in [-0.39, 0.29) is 22.9 Å². The van der Waals surface area contributed by atoms with Crippen molar-refractivity contribution in [2.75, 3.05) is 0 Å². The summed E-state index contributed by atoms with van der Waals surface area (Å²) >= 11 is 0. The van der Waals surface area contributed by atoms with Crippen LogP contribution >= 0.6 is 17.0 Å². The summed E-state index contributed by atoms with van der Waals surface area (Å²) in [6.07, 6.45) is 2.91. The van der Waals surface area contributed by atoms with Gasteiger partial charge >= 0.3 is 5.95 Å². The van der Waals surface area contributed by atoms with Gasteiger partial charge in [0.25, 0.3) is 0 Å². The summed E-state index contributed by atoms with van der Waals surface area (Å²) < 4.78 is 1.35. The van der Waals surface area contributed by atoms with Gasteiger partial charge in [-0.25, -0.2) is 4.57 Å². The normalized spacial score (nSPS) is 8.50. The lowest BCUT2D eigenvalue weighted by Crippen LogP contribution is -1.96. The largest absolute Gasteiger partial charge is 0.434 e. The lowest BCUT2D eigenvalue weighted by Gasteiger charge is -1.90. The molecule has 0 aromatic carbocycles. The van der Waals surface area contributed by atoms with E-state index >= 15 is 0 Å². The van der Waals surface area contributed by atoms with Gasteiger partial charge in [-0.2, -0.15) is 0 Å². The molecule has 0 N–H and O–H groups in total. The highest BCUT2D eigenvalue weighted by Gasteiger charge is 2.07. The van der Waals surface area contributed by atoms with E-state index in [0.29, 0.717) is 0 Å². The van der Waals surface area contributed by atoms with E-state index in [1.54, 1.807) is 7.05 Å². The van der Waals surface area contributed by atoms with Crippen LogP contribution in [-0.4, -0.2) is 14.5 Å². The van der Waals surface area contributed by atoms with Crippen molar-refractivity contribution in [2.45, 2.75) is 0 Å². The summed E-state index contributed by atoms with van der Waals surface area (Å²) in [4.78, 5) is 13.0. The van der Waals surface area contributed by atoms with Crippen molar-refractivity contribution in [1.82, 2.24) is 9.55 Å². The van der Waals surface area contributed by atoms with Crippen LogP contribution in [0.4, 0.5) is 5.95 Å². The highest BCUT2D eigenvalue weighted by Crippen LogP contribution is 2.02. The highest BCUT2D eigenvalue weighted by atomic mass is 79.9. The van der Waals surface area contributed by atoms with Gasteiger partial charge in [0.05, 0.1) is 7.05 Å². The minimum atomic E-state index is -0.528. The van der Waals surface area contributed by atoms with Crippen LogP contribution in [0.2, 0.25) is 0 Å². The molecule has 0 bridgehead atoms. The number of imidazole rings is 1. The van der Waals surface area contributed by atoms with Crippen LogP contribution in [0.5, 0.6) is 0 Å². The maximum atomic E-state index is 10.0. The maximum absolute atomic E-state index is 10.0. The number of hydrogen-bond acceptors (Lipinski definition) is 3. The van der Waals surface area contributed by atoms with Crippen LogP contribution in [-0.2, 0) is 7.05 Å². The third-order valence-corrected chi connectivity index (χ3v) is 0.959. The molecule has 0 aliphatic heterocycles. The lowest BCUT2D eigenvalue weighted by atomic mass is 10.9. The van der Waals surface area contributed by atoms with Crippen LogP contribution in [0.15, 0.2) is 12.4 Å². The Labute approximate surface area is 67.6 Å². The number of rotatable bonds is 1. The van der Waals surface area contributed by atoms with E-state index in [1.807, 2.05) is 0 Å². The summed E-state index contributed by atoms with van der Waals surface area (Å²) in [5.41, 5.74) is 0. The fourth-order valence-electron chi connectivity index (χ4n) is 0.534. The SMILES string of the molecule is Br.Cn1ccnc1[N+](=O)[O-]. The van der Waals surface area contributed by atoms with E-state index < -0.39 is 4.92 Å². The fourth-order valence-corrected chi connectivity index (χ4v) is 0.534. The molecule has 0 fully saturated rings. The summed E-state index contributed by atoms with van der Waals surface area (Å²) in [5.74, 6) is -0.130. The molecular formula is C4H6BrN3O2. The van der Waals surface area contributed by atoms with Crippen LogP contribution in [0.3, 0.4) is 0 Å². The maximum Gasteiger partial charge on any atom is 0.434 e. The van der Waals surface area contributed by atoms with Crippen LogP contribution in [0.1, 0.15) is 0 Å². The molecule has 6 heteroatoms. The van der Waals surface area contributed by atoms with Crippen LogP contribution in [0, 0.1) is 10.1 Å². The first-order valence-electron chi connectivity index (χ1n) is 2.33. The fraction of sp³-hybridized carbons (Fsp3) is 0.250. The number of aromatic nitrogens is 2. The molecule has 5 nitrogen and oxygen atoms in total. The van der Waals surface area contributed by atoms with Crippen molar-refractivity contribution in [3.63, 3.8) is 0 Å². The molecule has 1 aromatic heterocycles. The molecule has 0 atom stereocenters. The second kappa shape index (κ2) is 3.31. The van der Waals surface area contributed by atoms with Gasteiger partial charge in [0.1, 0.15) is 12.4 Å². The van der Waals surface area contributed by atoms with Crippen molar-refractivity contribution in [2.24, 2.45) is 7.05 Å². The minimum Gasteiger partial charge on any atom is -0.390 e. The zero-order valence-corrected chi connectivity index (χ0v) is 6.93. The Morgan fingerprint density at radius 3 is 2.60 bits per heavy atom. The monoisotopic (exact) mass is 207 g/mol. The molecule has 1 heterocycles. The van der Waals surface area contributed by atoms with Gasteiger partial charge in [0.15, 0.2) is 0 Å². The molecule has 0 spiro atoms. The number of nitrogens with zero attached hydrogens (tertiary/aromatic N) is 3. The van der Waals surface area contributed by atoms with Crippen LogP contribution < -0.4 is 0 Å². The number of hydrogen-bond donors (Lipinski definition) is 0. The smallest absolute Gasteiger partial charge is 0.390 e. The molecule has 0 radical (unpaired) electrons. The van der Waals surface area contributed by atoms with Gasteiger partial charge < -0.3 is 10.1 Å². The first kappa shape index (κ1) is 9.09. The molecule has 0 amide bonds. The number of halogens is 1. The molecule has 56 valence electrons. The topological polar surface area (TPSA) is 61.0 Å². The minimum absolute atomic E-state index is 0. The Bertz CT molecular complexity index is 234. The number of nitro groups is 1. The van der Waals surface area contributed by atoms with E-state index in [2.05, 4.69) is 4.98 Å². The van der Waals surface area contributed by atoms with Gasteiger partial charge in [-0.15, -0.1) is 17.0 Å². The summed E-state index contributed by atoms with van der Waals surface area (Å²) in [5, 5.41) is 10.0. The van der Waals surface area contributed by atoms with Crippen molar-refractivity contribution in [3.05, 3.63) is 22.5 Å². The van der Waals surface area contributed by atoms with Gasteiger partial charge in [0, 0.05) is 0 Å². The van der Waals surface area contributed by atoms with Crippen LogP contribution in [0.25, 0.3) is 0 Å². The summed E-state index contributed by atoms with van der Waals surface area (Å²) in [7, 11) is 1.57.